The number of hydrogen-bond donors (Lipinski definition) is 0. The lowest BCUT2D eigenvalue weighted by atomic mass is 10.1. The number of aromatic nitrogens is 1. The van der Waals surface area contributed by atoms with Gasteiger partial charge in [0.05, 0.1) is 24.2 Å². The number of amides is 1. The van der Waals surface area contributed by atoms with Gasteiger partial charge in [0, 0.05) is 11.6 Å². The highest BCUT2D eigenvalue weighted by Gasteiger charge is 2.22. The Morgan fingerprint density at radius 2 is 1.78 bits per heavy atom. The fourth-order valence-electron chi connectivity index (χ4n) is 3.20. The Bertz CT molecular complexity index is 1180. The van der Waals surface area contributed by atoms with Crippen molar-refractivity contribution >= 4 is 34.0 Å². The van der Waals surface area contributed by atoms with E-state index in [1.54, 1.807) is 42.5 Å². The highest BCUT2D eigenvalue weighted by molar-refractivity contribution is 7.13. The van der Waals surface area contributed by atoms with E-state index in [-0.39, 0.29) is 5.91 Å². The summed E-state index contributed by atoms with van der Waals surface area (Å²) in [6.45, 7) is 0.750. The van der Waals surface area contributed by atoms with Crippen LogP contribution < -0.4 is 14.4 Å². The van der Waals surface area contributed by atoms with Crippen molar-refractivity contribution in [2.24, 2.45) is 0 Å². The molecule has 0 saturated heterocycles. The molecule has 1 amide bonds. The van der Waals surface area contributed by atoms with Crippen molar-refractivity contribution < 1.29 is 14.3 Å². The molecule has 0 aliphatic carbocycles. The Balaban J connectivity index is 1.57. The number of anilines is 1. The van der Waals surface area contributed by atoms with Crippen LogP contribution in [0.25, 0.3) is 0 Å². The zero-order valence-electron chi connectivity index (χ0n) is 17.4. The first-order valence-electron chi connectivity index (χ1n) is 9.95. The summed E-state index contributed by atoms with van der Waals surface area (Å²) < 4.78 is 11.5. The summed E-state index contributed by atoms with van der Waals surface area (Å²) in [5, 5.41) is 2.84. The molecule has 0 spiro atoms. The van der Waals surface area contributed by atoms with E-state index in [2.05, 4.69) is 4.98 Å². The maximum atomic E-state index is 13.3. The number of carbonyl (C=O) groups excluding carboxylic acids is 1. The van der Waals surface area contributed by atoms with Crippen LogP contribution in [-0.2, 0) is 13.2 Å². The van der Waals surface area contributed by atoms with Crippen LogP contribution in [0.4, 0.5) is 5.13 Å². The standard InChI is InChI=1S/C25H21ClN2O3S/c1-30-23-15-19(11-12-22(23)31-17-18-7-3-2-4-8-18)16-28(25-27-13-14-32-25)24(29)20-9-5-6-10-21(20)26/h2-15H,16-17H2,1H3. The zero-order valence-corrected chi connectivity index (χ0v) is 19.0. The quantitative estimate of drug-likeness (QED) is 0.310. The maximum absolute atomic E-state index is 13.3. The third-order valence-corrected chi connectivity index (χ3v) is 5.93. The first-order chi connectivity index (χ1) is 15.7. The number of rotatable bonds is 8. The van der Waals surface area contributed by atoms with Gasteiger partial charge in [-0.25, -0.2) is 4.98 Å². The number of methoxy groups -OCH3 is 1. The maximum Gasteiger partial charge on any atom is 0.261 e. The Labute approximate surface area is 195 Å². The molecule has 7 heteroatoms. The lowest BCUT2D eigenvalue weighted by Crippen LogP contribution is -2.30. The highest BCUT2D eigenvalue weighted by Crippen LogP contribution is 2.31. The smallest absolute Gasteiger partial charge is 0.261 e. The zero-order chi connectivity index (χ0) is 22.3. The van der Waals surface area contributed by atoms with Gasteiger partial charge in [-0.2, -0.15) is 0 Å². The number of benzene rings is 3. The van der Waals surface area contributed by atoms with E-state index in [1.807, 2.05) is 53.9 Å². The monoisotopic (exact) mass is 464 g/mol. The van der Waals surface area contributed by atoms with Gasteiger partial charge in [0.25, 0.3) is 5.91 Å². The molecule has 0 aliphatic rings. The van der Waals surface area contributed by atoms with Crippen molar-refractivity contribution in [3.05, 3.63) is 106 Å². The minimum atomic E-state index is -0.214. The predicted molar refractivity (Wildman–Crippen MR) is 128 cm³/mol. The van der Waals surface area contributed by atoms with Crippen molar-refractivity contribution in [3.63, 3.8) is 0 Å². The molecule has 0 N–H and O–H groups in total. The van der Waals surface area contributed by atoms with Crippen LogP contribution in [0, 0.1) is 0 Å². The van der Waals surface area contributed by atoms with E-state index in [0.29, 0.717) is 40.4 Å². The minimum Gasteiger partial charge on any atom is -0.493 e. The third kappa shape index (κ3) is 5.10. The summed E-state index contributed by atoms with van der Waals surface area (Å²) in [5.41, 5.74) is 2.38. The summed E-state index contributed by atoms with van der Waals surface area (Å²) in [6.07, 6.45) is 1.67. The number of thiazole rings is 1. The van der Waals surface area contributed by atoms with Gasteiger partial charge < -0.3 is 9.47 Å². The van der Waals surface area contributed by atoms with Gasteiger partial charge in [0.15, 0.2) is 16.6 Å². The third-order valence-electron chi connectivity index (χ3n) is 4.81. The van der Waals surface area contributed by atoms with Crippen LogP contribution in [0.5, 0.6) is 11.5 Å². The molecule has 5 nitrogen and oxygen atoms in total. The minimum absolute atomic E-state index is 0.214. The molecule has 0 atom stereocenters. The van der Waals surface area contributed by atoms with Gasteiger partial charge >= 0.3 is 0 Å². The average molecular weight is 465 g/mol. The number of halogens is 1. The molecule has 0 saturated carbocycles. The molecule has 0 fully saturated rings. The van der Waals surface area contributed by atoms with Gasteiger partial charge in [-0.15, -0.1) is 11.3 Å². The topological polar surface area (TPSA) is 51.7 Å². The van der Waals surface area contributed by atoms with Crippen LogP contribution in [0.1, 0.15) is 21.5 Å². The van der Waals surface area contributed by atoms with E-state index < -0.39 is 0 Å². The number of carbonyl (C=O) groups is 1. The Hall–Kier alpha value is -3.35. The van der Waals surface area contributed by atoms with Gasteiger partial charge in [0.1, 0.15) is 6.61 Å². The first kappa shape index (κ1) is 21.9. The fourth-order valence-corrected chi connectivity index (χ4v) is 4.06. The van der Waals surface area contributed by atoms with Gasteiger partial charge in [-0.3, -0.25) is 9.69 Å². The van der Waals surface area contributed by atoms with Crippen molar-refractivity contribution in [2.75, 3.05) is 12.0 Å². The van der Waals surface area contributed by atoms with E-state index in [1.165, 1.54) is 11.3 Å². The van der Waals surface area contributed by atoms with Crippen LogP contribution >= 0.6 is 22.9 Å². The molecular formula is C25H21ClN2O3S. The molecule has 4 aromatic rings. The van der Waals surface area contributed by atoms with E-state index in [0.717, 1.165) is 11.1 Å². The summed E-state index contributed by atoms with van der Waals surface area (Å²) in [5.74, 6) is 1.02. The Morgan fingerprint density at radius 1 is 1.00 bits per heavy atom. The SMILES string of the molecule is COc1cc(CN(C(=O)c2ccccc2Cl)c2nccs2)ccc1OCc1ccccc1. The molecule has 0 bridgehead atoms. The molecule has 1 aromatic heterocycles. The van der Waals surface area contributed by atoms with Crippen molar-refractivity contribution in [1.82, 2.24) is 4.98 Å². The second-order valence-electron chi connectivity index (χ2n) is 6.95. The largest absolute Gasteiger partial charge is 0.493 e. The molecule has 0 unspecified atom stereocenters. The van der Waals surface area contributed by atoms with Gasteiger partial charge in [-0.05, 0) is 35.4 Å². The summed E-state index contributed by atoms with van der Waals surface area (Å²) in [6, 6.07) is 22.6. The molecule has 32 heavy (non-hydrogen) atoms. The van der Waals surface area contributed by atoms with Crippen molar-refractivity contribution in [2.45, 2.75) is 13.2 Å². The lowest BCUT2D eigenvalue weighted by Gasteiger charge is -2.21. The first-order valence-corrected chi connectivity index (χ1v) is 11.2. The lowest BCUT2D eigenvalue weighted by molar-refractivity contribution is 0.0985. The normalized spacial score (nSPS) is 10.6. The van der Waals surface area contributed by atoms with Crippen molar-refractivity contribution in [1.29, 1.82) is 0 Å². The highest BCUT2D eigenvalue weighted by atomic mass is 35.5. The number of hydrogen-bond acceptors (Lipinski definition) is 5. The molecule has 0 radical (unpaired) electrons. The van der Waals surface area contributed by atoms with Crippen LogP contribution in [0.15, 0.2) is 84.4 Å². The van der Waals surface area contributed by atoms with Crippen molar-refractivity contribution in [3.8, 4) is 11.5 Å². The van der Waals surface area contributed by atoms with Gasteiger partial charge in [0.2, 0.25) is 0 Å². The predicted octanol–water partition coefficient (Wildman–Crippen LogP) is 6.23. The molecule has 1 heterocycles. The van der Waals surface area contributed by atoms with E-state index in [9.17, 15) is 4.79 Å². The van der Waals surface area contributed by atoms with Crippen LogP contribution in [0.3, 0.4) is 0 Å². The van der Waals surface area contributed by atoms with Crippen LogP contribution in [0.2, 0.25) is 5.02 Å². The Morgan fingerprint density at radius 3 is 2.50 bits per heavy atom. The molecular weight excluding hydrogens is 444 g/mol. The summed E-state index contributed by atoms with van der Waals surface area (Å²) in [7, 11) is 1.60. The summed E-state index contributed by atoms with van der Waals surface area (Å²) >= 11 is 7.67. The molecule has 162 valence electrons. The Kier molecular flexibility index (Phi) is 7.04. The van der Waals surface area contributed by atoms with E-state index in [4.69, 9.17) is 21.1 Å². The second kappa shape index (κ2) is 10.3. The van der Waals surface area contributed by atoms with E-state index >= 15 is 0 Å². The van der Waals surface area contributed by atoms with Gasteiger partial charge in [-0.1, -0.05) is 60.1 Å². The molecule has 0 aliphatic heterocycles. The summed E-state index contributed by atoms with van der Waals surface area (Å²) in [4.78, 5) is 19.3. The molecule has 3 aromatic carbocycles. The fraction of sp³-hybridized carbons (Fsp3) is 0.120. The number of nitrogens with zero attached hydrogens (tertiary/aromatic N) is 2. The number of ether oxygens (including phenoxy) is 2. The second-order valence-corrected chi connectivity index (χ2v) is 8.23. The average Bonchev–Trinajstić information content (AvgIpc) is 3.37. The molecule has 4 rings (SSSR count). The van der Waals surface area contributed by atoms with Crippen LogP contribution in [-0.4, -0.2) is 18.0 Å².